The molecule has 0 heterocycles. The van der Waals surface area contributed by atoms with E-state index >= 15 is 0 Å². The van der Waals surface area contributed by atoms with Crippen LogP contribution in [0.2, 0.25) is 10.0 Å². The average Bonchev–Trinajstić information content (AvgIpc) is 2.48. The van der Waals surface area contributed by atoms with Crippen LogP contribution in [-0.4, -0.2) is 18.8 Å². The molecular weight excluding hydrogens is 297 g/mol. The molecule has 1 unspecified atom stereocenters. The summed E-state index contributed by atoms with van der Waals surface area (Å²) in [5.41, 5.74) is 1.63. The van der Waals surface area contributed by atoms with Crippen LogP contribution in [0.1, 0.15) is 11.7 Å². The second-order valence-electron chi connectivity index (χ2n) is 4.30. The highest BCUT2D eigenvalue weighted by Crippen LogP contribution is 2.25. The van der Waals surface area contributed by atoms with Crippen LogP contribution >= 0.6 is 23.2 Å². The Kier molecular flexibility index (Phi) is 5.12. The minimum atomic E-state index is -0.615. The third kappa shape index (κ3) is 3.79. The van der Waals surface area contributed by atoms with Gasteiger partial charge in [-0.2, -0.15) is 0 Å². The summed E-state index contributed by atoms with van der Waals surface area (Å²) in [6.45, 7) is 0.379. The van der Waals surface area contributed by atoms with Gasteiger partial charge in [0.25, 0.3) is 0 Å². The number of methoxy groups -OCH3 is 1. The van der Waals surface area contributed by atoms with E-state index in [9.17, 15) is 5.11 Å². The number of aliphatic hydroxyl groups excluding tert-OH is 1. The molecule has 0 aromatic heterocycles. The van der Waals surface area contributed by atoms with Crippen LogP contribution in [0, 0.1) is 0 Å². The first-order valence-corrected chi connectivity index (χ1v) is 6.86. The second-order valence-corrected chi connectivity index (χ2v) is 5.11. The van der Waals surface area contributed by atoms with Crippen LogP contribution in [0.15, 0.2) is 42.5 Å². The number of nitrogens with one attached hydrogen (secondary N) is 1. The number of aliphatic hydroxyl groups is 1. The molecule has 5 heteroatoms. The minimum absolute atomic E-state index is 0.379. The van der Waals surface area contributed by atoms with Gasteiger partial charge in [-0.25, -0.2) is 0 Å². The van der Waals surface area contributed by atoms with E-state index in [1.165, 1.54) is 0 Å². The van der Waals surface area contributed by atoms with E-state index in [0.717, 1.165) is 17.0 Å². The molecule has 0 saturated carbocycles. The van der Waals surface area contributed by atoms with E-state index in [1.807, 2.05) is 30.3 Å². The normalized spacial score (nSPS) is 12.0. The predicted octanol–water partition coefficient (Wildman–Crippen LogP) is 4.15. The Morgan fingerprint density at radius 1 is 1.10 bits per heavy atom. The molecule has 2 rings (SSSR count). The van der Waals surface area contributed by atoms with Crippen LogP contribution in [0.5, 0.6) is 5.75 Å². The van der Waals surface area contributed by atoms with E-state index in [2.05, 4.69) is 5.32 Å². The Morgan fingerprint density at radius 2 is 1.80 bits per heavy atom. The van der Waals surface area contributed by atoms with E-state index in [1.54, 1.807) is 19.2 Å². The molecule has 2 aromatic carbocycles. The average molecular weight is 312 g/mol. The van der Waals surface area contributed by atoms with E-state index in [0.29, 0.717) is 16.6 Å². The summed E-state index contributed by atoms with van der Waals surface area (Å²) < 4.78 is 5.08. The van der Waals surface area contributed by atoms with Crippen molar-refractivity contribution in [3.63, 3.8) is 0 Å². The van der Waals surface area contributed by atoms with Crippen molar-refractivity contribution in [2.24, 2.45) is 0 Å². The van der Waals surface area contributed by atoms with Crippen molar-refractivity contribution in [1.29, 1.82) is 0 Å². The Hall–Kier alpha value is -1.42. The summed E-state index contributed by atoms with van der Waals surface area (Å²) in [4.78, 5) is 0. The molecule has 0 aliphatic rings. The number of benzene rings is 2. The maximum absolute atomic E-state index is 10.1. The summed E-state index contributed by atoms with van der Waals surface area (Å²) in [5.74, 6) is 0.762. The minimum Gasteiger partial charge on any atom is -0.497 e. The molecule has 0 aliphatic carbocycles. The number of ether oxygens (including phenoxy) is 1. The molecule has 20 heavy (non-hydrogen) atoms. The number of hydrogen-bond acceptors (Lipinski definition) is 3. The molecule has 0 aliphatic heterocycles. The zero-order chi connectivity index (χ0) is 14.5. The lowest BCUT2D eigenvalue weighted by atomic mass is 10.1. The van der Waals surface area contributed by atoms with Crippen LogP contribution in [0.25, 0.3) is 0 Å². The second kappa shape index (κ2) is 6.84. The summed E-state index contributed by atoms with van der Waals surface area (Å²) >= 11 is 11.8. The molecule has 106 valence electrons. The van der Waals surface area contributed by atoms with Gasteiger partial charge in [0.1, 0.15) is 5.75 Å². The topological polar surface area (TPSA) is 41.5 Å². The van der Waals surface area contributed by atoms with Crippen LogP contribution < -0.4 is 10.1 Å². The lowest BCUT2D eigenvalue weighted by Gasteiger charge is -2.14. The van der Waals surface area contributed by atoms with Crippen molar-refractivity contribution in [3.8, 4) is 5.75 Å². The molecule has 0 amide bonds. The summed E-state index contributed by atoms with van der Waals surface area (Å²) in [5, 5.41) is 14.2. The van der Waals surface area contributed by atoms with Gasteiger partial charge >= 0.3 is 0 Å². The first kappa shape index (κ1) is 15.0. The fourth-order valence-electron chi connectivity index (χ4n) is 1.76. The van der Waals surface area contributed by atoms with Gasteiger partial charge in [0, 0.05) is 12.2 Å². The number of anilines is 1. The Balaban J connectivity index is 1.96. The zero-order valence-corrected chi connectivity index (χ0v) is 12.4. The first-order chi connectivity index (χ1) is 9.60. The molecule has 2 N–H and O–H groups in total. The fraction of sp³-hybridized carbons (Fsp3) is 0.200. The summed E-state index contributed by atoms with van der Waals surface area (Å²) in [7, 11) is 1.61. The van der Waals surface area contributed by atoms with E-state index in [-0.39, 0.29) is 0 Å². The monoisotopic (exact) mass is 311 g/mol. The molecule has 2 aromatic rings. The largest absolute Gasteiger partial charge is 0.497 e. The predicted molar refractivity (Wildman–Crippen MR) is 82.9 cm³/mol. The van der Waals surface area contributed by atoms with Crippen LogP contribution in [-0.2, 0) is 0 Å². The van der Waals surface area contributed by atoms with Crippen molar-refractivity contribution >= 4 is 28.9 Å². The van der Waals surface area contributed by atoms with E-state index in [4.69, 9.17) is 27.9 Å². The van der Waals surface area contributed by atoms with Crippen molar-refractivity contribution < 1.29 is 9.84 Å². The molecule has 0 saturated heterocycles. The first-order valence-electron chi connectivity index (χ1n) is 6.11. The van der Waals surface area contributed by atoms with Gasteiger partial charge in [0.15, 0.2) is 0 Å². The van der Waals surface area contributed by atoms with Gasteiger partial charge in [-0.15, -0.1) is 0 Å². The van der Waals surface area contributed by atoms with E-state index < -0.39 is 6.10 Å². The lowest BCUT2D eigenvalue weighted by molar-refractivity contribution is 0.191. The highest BCUT2D eigenvalue weighted by atomic mass is 35.5. The molecule has 0 fully saturated rings. The molecule has 1 atom stereocenters. The van der Waals surface area contributed by atoms with Gasteiger partial charge in [-0.3, -0.25) is 0 Å². The third-order valence-electron chi connectivity index (χ3n) is 2.92. The van der Waals surface area contributed by atoms with Gasteiger partial charge in [0.2, 0.25) is 0 Å². The Labute approximate surface area is 128 Å². The molecular formula is C15H15Cl2NO2. The van der Waals surface area contributed by atoms with Gasteiger partial charge in [-0.1, -0.05) is 35.3 Å². The Bertz CT molecular complexity index is 573. The van der Waals surface area contributed by atoms with Crippen molar-refractivity contribution in [3.05, 3.63) is 58.1 Å². The van der Waals surface area contributed by atoms with Crippen LogP contribution in [0.3, 0.4) is 0 Å². The maximum atomic E-state index is 10.1. The van der Waals surface area contributed by atoms with Crippen molar-refractivity contribution in [2.75, 3.05) is 19.0 Å². The molecule has 0 spiro atoms. The SMILES string of the molecule is COc1ccc(C(O)CNc2ccc(Cl)c(Cl)c2)cc1. The fourth-order valence-corrected chi connectivity index (χ4v) is 2.06. The standard InChI is InChI=1S/C15H15Cl2NO2/c1-20-12-5-2-10(3-6-12)15(19)9-18-11-4-7-13(16)14(17)8-11/h2-8,15,18-19H,9H2,1H3. The molecule has 0 radical (unpaired) electrons. The van der Waals surface area contributed by atoms with Gasteiger partial charge < -0.3 is 15.2 Å². The Morgan fingerprint density at radius 3 is 2.40 bits per heavy atom. The van der Waals surface area contributed by atoms with Crippen molar-refractivity contribution in [1.82, 2.24) is 0 Å². The van der Waals surface area contributed by atoms with Gasteiger partial charge in [-0.05, 0) is 35.9 Å². The third-order valence-corrected chi connectivity index (χ3v) is 3.66. The lowest BCUT2D eigenvalue weighted by Crippen LogP contribution is -2.12. The maximum Gasteiger partial charge on any atom is 0.118 e. The summed E-state index contributed by atoms with van der Waals surface area (Å²) in [6, 6.07) is 12.6. The quantitative estimate of drug-likeness (QED) is 0.871. The highest BCUT2D eigenvalue weighted by molar-refractivity contribution is 6.42. The number of hydrogen-bond donors (Lipinski definition) is 2. The van der Waals surface area contributed by atoms with Gasteiger partial charge in [0.05, 0.1) is 23.3 Å². The summed E-state index contributed by atoms with van der Waals surface area (Å²) in [6.07, 6.45) is -0.615. The molecule has 0 bridgehead atoms. The zero-order valence-electron chi connectivity index (χ0n) is 10.9. The van der Waals surface area contributed by atoms with Crippen molar-refractivity contribution in [2.45, 2.75) is 6.10 Å². The molecule has 3 nitrogen and oxygen atoms in total. The number of rotatable bonds is 5. The smallest absolute Gasteiger partial charge is 0.118 e. The highest BCUT2D eigenvalue weighted by Gasteiger charge is 2.08. The van der Waals surface area contributed by atoms with Crippen LogP contribution in [0.4, 0.5) is 5.69 Å². The number of halogens is 2.